The molecule has 0 unspecified atom stereocenters. The zero-order valence-electron chi connectivity index (χ0n) is 17.8. The summed E-state index contributed by atoms with van der Waals surface area (Å²) in [6.07, 6.45) is 4.49. The van der Waals surface area contributed by atoms with Crippen molar-refractivity contribution < 1.29 is 4.79 Å². The molecule has 154 valence electrons. The van der Waals surface area contributed by atoms with Crippen LogP contribution < -0.4 is 5.32 Å². The van der Waals surface area contributed by atoms with Crippen LogP contribution in [0.5, 0.6) is 0 Å². The van der Waals surface area contributed by atoms with Gasteiger partial charge in [-0.15, -0.1) is 0 Å². The molecule has 3 aromatic heterocycles. The van der Waals surface area contributed by atoms with E-state index in [4.69, 9.17) is 4.98 Å². The molecule has 7 heteroatoms. The van der Waals surface area contributed by atoms with Gasteiger partial charge in [0, 0.05) is 43.0 Å². The Morgan fingerprint density at radius 1 is 1.20 bits per heavy atom. The van der Waals surface area contributed by atoms with E-state index in [9.17, 15) is 4.79 Å². The van der Waals surface area contributed by atoms with Crippen LogP contribution in [0.25, 0.3) is 22.2 Å². The fraction of sp³-hybridized carbons (Fsp3) is 0.304. The molecule has 7 nitrogen and oxygen atoms in total. The maximum atomic E-state index is 13.1. The summed E-state index contributed by atoms with van der Waals surface area (Å²) >= 11 is 0. The van der Waals surface area contributed by atoms with Gasteiger partial charge in [-0.05, 0) is 44.9 Å². The first-order valence-corrected chi connectivity index (χ1v) is 10.2. The van der Waals surface area contributed by atoms with E-state index < -0.39 is 0 Å². The first-order valence-electron chi connectivity index (χ1n) is 10.2. The highest BCUT2D eigenvalue weighted by Crippen LogP contribution is 2.24. The number of para-hydroxylation sites is 1. The number of aromatic nitrogens is 5. The molecule has 0 bridgehead atoms. The molecule has 0 spiro atoms. The van der Waals surface area contributed by atoms with E-state index in [-0.39, 0.29) is 5.91 Å². The van der Waals surface area contributed by atoms with Gasteiger partial charge in [0.2, 0.25) is 0 Å². The summed E-state index contributed by atoms with van der Waals surface area (Å²) in [5.74, 6) is -0.100. The lowest BCUT2D eigenvalue weighted by molar-refractivity contribution is 0.0955. The van der Waals surface area contributed by atoms with Crippen LogP contribution in [0.3, 0.4) is 0 Å². The second-order valence-corrected chi connectivity index (χ2v) is 7.44. The zero-order valence-corrected chi connectivity index (χ0v) is 17.8. The van der Waals surface area contributed by atoms with Gasteiger partial charge in [0.25, 0.3) is 5.91 Å². The van der Waals surface area contributed by atoms with Gasteiger partial charge in [-0.3, -0.25) is 14.2 Å². The molecule has 3 heterocycles. The van der Waals surface area contributed by atoms with Gasteiger partial charge in [-0.2, -0.15) is 10.2 Å². The average molecular weight is 403 g/mol. The van der Waals surface area contributed by atoms with Crippen molar-refractivity contribution >= 4 is 16.8 Å². The summed E-state index contributed by atoms with van der Waals surface area (Å²) in [6.45, 7) is 7.43. The molecule has 0 saturated heterocycles. The highest BCUT2D eigenvalue weighted by Gasteiger charge is 2.15. The van der Waals surface area contributed by atoms with Crippen molar-refractivity contribution in [3.63, 3.8) is 0 Å². The van der Waals surface area contributed by atoms with E-state index >= 15 is 0 Å². The van der Waals surface area contributed by atoms with Gasteiger partial charge in [-0.25, -0.2) is 4.98 Å². The number of amides is 1. The van der Waals surface area contributed by atoms with Crippen molar-refractivity contribution in [2.45, 2.75) is 33.7 Å². The number of nitrogens with zero attached hydrogens (tertiary/aromatic N) is 5. The largest absolute Gasteiger partial charge is 0.352 e. The Morgan fingerprint density at radius 2 is 2.00 bits per heavy atom. The Morgan fingerprint density at radius 3 is 2.70 bits per heavy atom. The Hall–Kier alpha value is -3.48. The first-order chi connectivity index (χ1) is 14.5. The van der Waals surface area contributed by atoms with Gasteiger partial charge in [-0.1, -0.05) is 18.2 Å². The fourth-order valence-corrected chi connectivity index (χ4v) is 3.76. The number of carbonyl (C=O) groups is 1. The summed E-state index contributed by atoms with van der Waals surface area (Å²) in [5, 5.41) is 12.7. The molecule has 0 aliphatic rings. The molecule has 0 aliphatic carbocycles. The molecule has 0 aliphatic heterocycles. The van der Waals surface area contributed by atoms with Crippen LogP contribution in [-0.4, -0.2) is 37.0 Å². The lowest BCUT2D eigenvalue weighted by atomic mass is 10.0. The summed E-state index contributed by atoms with van der Waals surface area (Å²) in [5.41, 5.74) is 6.39. The maximum Gasteiger partial charge on any atom is 0.252 e. The van der Waals surface area contributed by atoms with E-state index in [0.717, 1.165) is 46.5 Å². The van der Waals surface area contributed by atoms with Gasteiger partial charge >= 0.3 is 0 Å². The standard InChI is InChI=1S/C23H26N6O/c1-5-29-14-17(13-25-29)22-12-20(19-8-6-7-9-21(19)26-22)23(30)24-11-10-18-15(2)27-28(4)16(18)3/h6-9,12-14H,5,10-11H2,1-4H3,(H,24,30). The second kappa shape index (κ2) is 8.10. The van der Waals surface area contributed by atoms with Crippen molar-refractivity contribution in [3.8, 4) is 11.3 Å². The minimum absolute atomic E-state index is 0.100. The third kappa shape index (κ3) is 3.70. The number of benzene rings is 1. The lowest BCUT2D eigenvalue weighted by Crippen LogP contribution is -2.26. The first kappa shape index (κ1) is 19.8. The third-order valence-electron chi connectivity index (χ3n) is 5.53. The van der Waals surface area contributed by atoms with Crippen LogP contribution in [0.2, 0.25) is 0 Å². The predicted octanol–water partition coefficient (Wildman–Crippen LogP) is 3.44. The zero-order chi connectivity index (χ0) is 21.3. The number of hydrogen-bond acceptors (Lipinski definition) is 4. The number of nitrogens with one attached hydrogen (secondary N) is 1. The maximum absolute atomic E-state index is 13.1. The molecule has 0 fully saturated rings. The van der Waals surface area contributed by atoms with E-state index in [0.29, 0.717) is 12.1 Å². The average Bonchev–Trinajstić information content (AvgIpc) is 3.33. The third-order valence-corrected chi connectivity index (χ3v) is 5.53. The molecule has 1 N–H and O–H groups in total. The van der Waals surface area contributed by atoms with Crippen molar-refractivity contribution in [1.82, 2.24) is 29.9 Å². The second-order valence-electron chi connectivity index (χ2n) is 7.44. The lowest BCUT2D eigenvalue weighted by Gasteiger charge is -2.10. The Kier molecular flexibility index (Phi) is 5.35. The van der Waals surface area contributed by atoms with Crippen LogP contribution in [0, 0.1) is 13.8 Å². The Bertz CT molecular complexity index is 1220. The molecule has 30 heavy (non-hydrogen) atoms. The van der Waals surface area contributed by atoms with Gasteiger partial charge in [0.05, 0.1) is 28.7 Å². The van der Waals surface area contributed by atoms with Crippen molar-refractivity contribution in [3.05, 3.63) is 65.2 Å². The molecule has 0 saturated carbocycles. The fourth-order valence-electron chi connectivity index (χ4n) is 3.76. The molecule has 0 atom stereocenters. The SMILES string of the molecule is CCn1cc(-c2cc(C(=O)NCCc3c(C)nn(C)c3C)c3ccccc3n2)cn1. The summed E-state index contributed by atoms with van der Waals surface area (Å²) in [4.78, 5) is 17.8. The molecule has 4 aromatic rings. The van der Waals surface area contributed by atoms with Crippen LogP contribution in [0.15, 0.2) is 42.7 Å². The topological polar surface area (TPSA) is 77.6 Å². The van der Waals surface area contributed by atoms with Crippen LogP contribution >= 0.6 is 0 Å². The molecule has 0 radical (unpaired) electrons. The minimum atomic E-state index is -0.100. The number of fused-ring (bicyclic) bond motifs is 1. The highest BCUT2D eigenvalue weighted by molar-refractivity contribution is 6.07. The molecular formula is C23H26N6O. The van der Waals surface area contributed by atoms with Gasteiger partial charge in [0.1, 0.15) is 0 Å². The normalized spacial score (nSPS) is 11.2. The van der Waals surface area contributed by atoms with Crippen LogP contribution in [-0.2, 0) is 20.0 Å². The summed E-state index contributed by atoms with van der Waals surface area (Å²) < 4.78 is 3.73. The Balaban J connectivity index is 1.61. The van der Waals surface area contributed by atoms with Crippen LogP contribution in [0.4, 0.5) is 0 Å². The smallest absolute Gasteiger partial charge is 0.252 e. The minimum Gasteiger partial charge on any atom is -0.352 e. The van der Waals surface area contributed by atoms with Gasteiger partial charge < -0.3 is 5.32 Å². The summed E-state index contributed by atoms with van der Waals surface area (Å²) in [7, 11) is 1.94. The molecule has 4 rings (SSSR count). The van der Waals surface area contributed by atoms with Crippen LogP contribution in [0.1, 0.15) is 34.2 Å². The highest BCUT2D eigenvalue weighted by atomic mass is 16.1. The number of aryl methyl sites for hydroxylation is 3. The molecular weight excluding hydrogens is 376 g/mol. The van der Waals surface area contributed by atoms with E-state index in [1.807, 2.05) is 66.8 Å². The van der Waals surface area contributed by atoms with Crippen molar-refractivity contribution in [2.75, 3.05) is 6.54 Å². The quantitative estimate of drug-likeness (QED) is 0.536. The number of pyridine rings is 1. The summed E-state index contributed by atoms with van der Waals surface area (Å²) in [6, 6.07) is 9.59. The van der Waals surface area contributed by atoms with E-state index in [1.54, 1.807) is 6.20 Å². The van der Waals surface area contributed by atoms with E-state index in [1.165, 1.54) is 5.56 Å². The molecule has 1 amide bonds. The monoisotopic (exact) mass is 402 g/mol. The molecule has 1 aromatic carbocycles. The van der Waals surface area contributed by atoms with Crippen molar-refractivity contribution in [1.29, 1.82) is 0 Å². The predicted molar refractivity (Wildman–Crippen MR) is 117 cm³/mol. The number of carbonyl (C=O) groups excluding carboxylic acids is 1. The van der Waals surface area contributed by atoms with Gasteiger partial charge in [0.15, 0.2) is 0 Å². The van der Waals surface area contributed by atoms with E-state index in [2.05, 4.69) is 22.4 Å². The Labute approximate surface area is 175 Å². The number of rotatable bonds is 6. The number of hydrogen-bond donors (Lipinski definition) is 1. The van der Waals surface area contributed by atoms with Crippen molar-refractivity contribution in [2.24, 2.45) is 7.05 Å².